The van der Waals surface area contributed by atoms with E-state index in [0.717, 1.165) is 11.3 Å². The summed E-state index contributed by atoms with van der Waals surface area (Å²) in [5, 5.41) is 6.25. The van der Waals surface area contributed by atoms with E-state index in [0.29, 0.717) is 46.5 Å². The van der Waals surface area contributed by atoms with Gasteiger partial charge in [-0.05, 0) is 30.3 Å². The second-order valence-corrected chi connectivity index (χ2v) is 6.39. The van der Waals surface area contributed by atoms with Gasteiger partial charge in [0.25, 0.3) is 5.91 Å². The summed E-state index contributed by atoms with van der Waals surface area (Å²) < 4.78 is 21.2. The molecule has 0 N–H and O–H groups in total. The first-order valence-corrected chi connectivity index (χ1v) is 8.69. The number of hydrogen-bond donors (Lipinski definition) is 0. The van der Waals surface area contributed by atoms with Crippen LogP contribution in [-0.4, -0.2) is 44.2 Å². The van der Waals surface area contributed by atoms with Gasteiger partial charge in [0.15, 0.2) is 23.0 Å². The lowest BCUT2D eigenvalue weighted by Gasteiger charge is -2.12. The number of methoxy groups -OCH3 is 2. The monoisotopic (exact) mass is 388 g/mol. The fourth-order valence-corrected chi connectivity index (χ4v) is 3.33. The molecule has 7 nitrogen and oxygen atoms in total. The topological polar surface area (TPSA) is 69.6 Å². The Hall–Kier alpha value is -2.93. The van der Waals surface area contributed by atoms with E-state index < -0.39 is 0 Å². The standard InChI is InChI=1S/C19H17ClN2O5/c1-24-15-4-3-11(8-16(15)25-2)14-5-6-22(21-14)19(23)12-7-13(20)18-17(9-12)26-10-27-18/h3-4,7-9H,5-6,10H2,1-2H3. The van der Waals surface area contributed by atoms with Crippen molar-refractivity contribution in [3.63, 3.8) is 0 Å². The van der Waals surface area contributed by atoms with Gasteiger partial charge in [0, 0.05) is 17.5 Å². The van der Waals surface area contributed by atoms with Crippen molar-refractivity contribution in [3.05, 3.63) is 46.5 Å². The average molecular weight is 389 g/mol. The van der Waals surface area contributed by atoms with E-state index in [4.69, 9.17) is 30.5 Å². The van der Waals surface area contributed by atoms with Gasteiger partial charge in [-0.25, -0.2) is 5.01 Å². The van der Waals surface area contributed by atoms with Gasteiger partial charge in [-0.15, -0.1) is 0 Å². The predicted octanol–water partition coefficient (Wildman–Crippen LogP) is 3.34. The highest BCUT2D eigenvalue weighted by atomic mass is 35.5. The van der Waals surface area contributed by atoms with Crippen molar-refractivity contribution in [2.24, 2.45) is 5.10 Å². The Morgan fingerprint density at radius 1 is 1.15 bits per heavy atom. The number of hydrogen-bond acceptors (Lipinski definition) is 6. The Bertz CT molecular complexity index is 944. The van der Waals surface area contributed by atoms with Gasteiger partial charge in [0.05, 0.1) is 31.5 Å². The van der Waals surface area contributed by atoms with Crippen LogP contribution >= 0.6 is 11.6 Å². The molecule has 2 aromatic carbocycles. The molecule has 0 aromatic heterocycles. The SMILES string of the molecule is COc1ccc(C2=NN(C(=O)c3cc(Cl)c4c(c3)OCO4)CC2)cc1OC. The first-order valence-electron chi connectivity index (χ1n) is 8.31. The minimum absolute atomic E-state index is 0.0953. The van der Waals surface area contributed by atoms with Crippen LogP contribution in [0.1, 0.15) is 22.3 Å². The molecule has 1 amide bonds. The van der Waals surface area contributed by atoms with E-state index in [1.165, 1.54) is 5.01 Å². The minimum atomic E-state index is -0.245. The zero-order valence-corrected chi connectivity index (χ0v) is 15.6. The van der Waals surface area contributed by atoms with Crippen LogP contribution in [0.4, 0.5) is 0 Å². The fraction of sp³-hybridized carbons (Fsp3) is 0.263. The van der Waals surface area contributed by atoms with E-state index in [1.807, 2.05) is 18.2 Å². The lowest BCUT2D eigenvalue weighted by Crippen LogP contribution is -2.23. The van der Waals surface area contributed by atoms with Crippen molar-refractivity contribution in [1.82, 2.24) is 5.01 Å². The van der Waals surface area contributed by atoms with E-state index >= 15 is 0 Å². The molecule has 0 saturated carbocycles. The molecule has 0 bridgehead atoms. The van der Waals surface area contributed by atoms with Gasteiger partial charge in [-0.3, -0.25) is 4.79 Å². The Kier molecular flexibility index (Phi) is 4.53. The summed E-state index contributed by atoms with van der Waals surface area (Å²) in [7, 11) is 3.17. The molecule has 2 aromatic rings. The molecule has 140 valence electrons. The third kappa shape index (κ3) is 3.14. The summed E-state index contributed by atoms with van der Waals surface area (Å²) in [6.45, 7) is 0.576. The smallest absolute Gasteiger partial charge is 0.274 e. The summed E-state index contributed by atoms with van der Waals surface area (Å²) in [6, 6.07) is 8.76. The van der Waals surface area contributed by atoms with E-state index in [9.17, 15) is 4.79 Å². The van der Waals surface area contributed by atoms with Gasteiger partial charge in [-0.2, -0.15) is 5.10 Å². The number of ether oxygens (including phenoxy) is 4. The average Bonchev–Trinajstić information content (AvgIpc) is 3.36. The highest BCUT2D eigenvalue weighted by molar-refractivity contribution is 6.32. The highest BCUT2D eigenvalue weighted by Gasteiger charge is 2.26. The molecular formula is C19H17ClN2O5. The van der Waals surface area contributed by atoms with Crippen LogP contribution in [0.2, 0.25) is 5.02 Å². The van der Waals surface area contributed by atoms with E-state index in [2.05, 4.69) is 5.10 Å². The van der Waals surface area contributed by atoms with Crippen molar-refractivity contribution in [2.45, 2.75) is 6.42 Å². The quantitative estimate of drug-likeness (QED) is 0.803. The number of rotatable bonds is 4. The summed E-state index contributed by atoms with van der Waals surface area (Å²) in [6.07, 6.45) is 0.638. The number of carbonyl (C=O) groups excluding carboxylic acids is 1. The minimum Gasteiger partial charge on any atom is -0.493 e. The lowest BCUT2D eigenvalue weighted by molar-refractivity contribution is 0.0778. The maximum absolute atomic E-state index is 12.8. The Labute approximate surface area is 161 Å². The fourth-order valence-electron chi connectivity index (χ4n) is 3.06. The van der Waals surface area contributed by atoms with Crippen molar-refractivity contribution in [1.29, 1.82) is 0 Å². The molecule has 2 aliphatic heterocycles. The lowest BCUT2D eigenvalue weighted by atomic mass is 10.1. The number of halogens is 1. The zero-order chi connectivity index (χ0) is 19.0. The highest BCUT2D eigenvalue weighted by Crippen LogP contribution is 2.40. The molecule has 0 aliphatic carbocycles. The summed E-state index contributed by atoms with van der Waals surface area (Å²) in [4.78, 5) is 12.8. The van der Waals surface area contributed by atoms with Gasteiger partial charge >= 0.3 is 0 Å². The number of fused-ring (bicyclic) bond motifs is 1. The molecule has 0 radical (unpaired) electrons. The molecule has 0 fully saturated rings. The molecule has 0 saturated heterocycles. The molecule has 4 rings (SSSR count). The van der Waals surface area contributed by atoms with Crippen LogP contribution in [0.3, 0.4) is 0 Å². The third-order valence-corrected chi connectivity index (χ3v) is 4.71. The van der Waals surface area contributed by atoms with Crippen molar-refractivity contribution >= 4 is 23.2 Å². The van der Waals surface area contributed by atoms with Crippen LogP contribution in [-0.2, 0) is 0 Å². The summed E-state index contributed by atoms with van der Waals surface area (Å²) in [5.74, 6) is 1.94. The molecular weight excluding hydrogens is 372 g/mol. The molecule has 0 spiro atoms. The number of hydrazone groups is 1. The summed E-state index contributed by atoms with van der Waals surface area (Å²) in [5.41, 5.74) is 2.09. The first-order chi connectivity index (χ1) is 13.1. The number of carbonyl (C=O) groups is 1. The zero-order valence-electron chi connectivity index (χ0n) is 14.8. The number of nitrogens with zero attached hydrogens (tertiary/aromatic N) is 2. The van der Waals surface area contributed by atoms with E-state index in [1.54, 1.807) is 26.4 Å². The first kappa shape index (κ1) is 17.5. The molecule has 27 heavy (non-hydrogen) atoms. The summed E-state index contributed by atoms with van der Waals surface area (Å²) >= 11 is 6.17. The molecule has 8 heteroatoms. The Morgan fingerprint density at radius 2 is 1.96 bits per heavy atom. The van der Waals surface area contributed by atoms with Crippen LogP contribution in [0.25, 0.3) is 0 Å². The van der Waals surface area contributed by atoms with Gasteiger partial charge in [0.1, 0.15) is 0 Å². The van der Waals surface area contributed by atoms with E-state index in [-0.39, 0.29) is 12.7 Å². The van der Waals surface area contributed by atoms with Crippen LogP contribution < -0.4 is 18.9 Å². The molecule has 2 heterocycles. The third-order valence-electron chi connectivity index (χ3n) is 4.43. The Balaban J connectivity index is 1.59. The van der Waals surface area contributed by atoms with Crippen molar-refractivity contribution in [2.75, 3.05) is 27.6 Å². The largest absolute Gasteiger partial charge is 0.493 e. The van der Waals surface area contributed by atoms with Crippen LogP contribution in [0.5, 0.6) is 23.0 Å². The Morgan fingerprint density at radius 3 is 2.74 bits per heavy atom. The van der Waals surface area contributed by atoms with Gasteiger partial charge in [-0.1, -0.05) is 11.6 Å². The second-order valence-electron chi connectivity index (χ2n) is 5.99. The number of benzene rings is 2. The maximum atomic E-state index is 12.8. The predicted molar refractivity (Wildman–Crippen MR) is 99.3 cm³/mol. The van der Waals surface area contributed by atoms with Gasteiger partial charge < -0.3 is 18.9 Å². The van der Waals surface area contributed by atoms with Gasteiger partial charge in [0.2, 0.25) is 6.79 Å². The molecule has 0 atom stereocenters. The van der Waals surface area contributed by atoms with Crippen LogP contribution in [0, 0.1) is 0 Å². The van der Waals surface area contributed by atoms with Crippen molar-refractivity contribution in [3.8, 4) is 23.0 Å². The molecule has 2 aliphatic rings. The maximum Gasteiger partial charge on any atom is 0.274 e. The van der Waals surface area contributed by atoms with Crippen molar-refractivity contribution < 1.29 is 23.7 Å². The molecule has 0 unspecified atom stereocenters. The second kappa shape index (κ2) is 7.00. The normalized spacial score (nSPS) is 14.9. The number of amides is 1. The van der Waals surface area contributed by atoms with Crippen LogP contribution in [0.15, 0.2) is 35.4 Å².